The van der Waals surface area contributed by atoms with Gasteiger partial charge in [-0.15, -0.1) is 16.4 Å². The maximum Gasteiger partial charge on any atom is 0.291 e. The predicted molar refractivity (Wildman–Crippen MR) is 120 cm³/mol. The van der Waals surface area contributed by atoms with E-state index in [1.54, 1.807) is 4.68 Å². The highest BCUT2D eigenvalue weighted by molar-refractivity contribution is 7.13. The van der Waals surface area contributed by atoms with Crippen LogP contribution in [0.25, 0.3) is 16.4 Å². The Morgan fingerprint density at radius 2 is 2.00 bits per heavy atom. The van der Waals surface area contributed by atoms with Gasteiger partial charge >= 0.3 is 0 Å². The Bertz CT molecular complexity index is 1140. The molecule has 2 aromatic heterocycles. The van der Waals surface area contributed by atoms with E-state index in [-0.39, 0.29) is 19.0 Å². The molecule has 0 aliphatic rings. The first-order chi connectivity index (χ1) is 15.1. The SMILES string of the molecule is Cc1cccc(OCC(O)CNC(=O)c2nc(-c3cccs3)n(-c3ccccc3)n2)c1. The highest BCUT2D eigenvalue weighted by atomic mass is 32.1. The van der Waals surface area contributed by atoms with Gasteiger partial charge in [0.1, 0.15) is 18.5 Å². The summed E-state index contributed by atoms with van der Waals surface area (Å²) in [6.07, 6.45) is -0.863. The molecule has 1 amide bonds. The number of rotatable bonds is 8. The van der Waals surface area contributed by atoms with Gasteiger partial charge in [-0.25, -0.2) is 9.67 Å². The number of nitrogens with zero attached hydrogens (tertiary/aromatic N) is 3. The number of carbonyl (C=O) groups is 1. The Kier molecular flexibility index (Phi) is 6.40. The molecule has 0 aliphatic heterocycles. The third-order valence-electron chi connectivity index (χ3n) is 4.48. The first-order valence-electron chi connectivity index (χ1n) is 9.82. The molecule has 7 nitrogen and oxygen atoms in total. The summed E-state index contributed by atoms with van der Waals surface area (Å²) in [6.45, 7) is 2.06. The number of benzene rings is 2. The van der Waals surface area contributed by atoms with Crippen LogP contribution in [0.2, 0.25) is 0 Å². The molecule has 0 bridgehead atoms. The van der Waals surface area contributed by atoms with Crippen LogP contribution in [0, 0.1) is 6.92 Å². The van der Waals surface area contributed by atoms with Crippen LogP contribution in [0.4, 0.5) is 0 Å². The Hall–Kier alpha value is -3.49. The summed E-state index contributed by atoms with van der Waals surface area (Å²) in [5, 5.41) is 19.2. The Labute approximate surface area is 184 Å². The first kappa shape index (κ1) is 20.8. The Morgan fingerprint density at radius 3 is 2.74 bits per heavy atom. The molecule has 2 heterocycles. The third-order valence-corrected chi connectivity index (χ3v) is 5.35. The van der Waals surface area contributed by atoms with Crippen LogP contribution in [0.15, 0.2) is 72.1 Å². The highest BCUT2D eigenvalue weighted by Crippen LogP contribution is 2.25. The van der Waals surface area contributed by atoms with Crippen molar-refractivity contribution in [1.29, 1.82) is 0 Å². The van der Waals surface area contributed by atoms with E-state index in [0.717, 1.165) is 16.1 Å². The number of aliphatic hydroxyl groups excluding tert-OH is 1. The van der Waals surface area contributed by atoms with Gasteiger partial charge in [0, 0.05) is 6.54 Å². The number of aryl methyl sites for hydroxylation is 1. The Balaban J connectivity index is 1.42. The Morgan fingerprint density at radius 1 is 1.16 bits per heavy atom. The van der Waals surface area contributed by atoms with Crippen LogP contribution in [-0.2, 0) is 0 Å². The minimum Gasteiger partial charge on any atom is -0.491 e. The number of aromatic nitrogens is 3. The van der Waals surface area contributed by atoms with Gasteiger partial charge in [0.15, 0.2) is 5.82 Å². The van der Waals surface area contributed by atoms with Crippen molar-refractivity contribution in [1.82, 2.24) is 20.1 Å². The standard InChI is InChI=1S/C23H22N4O3S/c1-16-7-5-10-19(13-16)30-15-18(28)14-24-23(29)21-25-22(20-11-6-12-31-20)27(26-21)17-8-3-2-4-9-17/h2-13,18,28H,14-15H2,1H3,(H,24,29). The van der Waals surface area contributed by atoms with Crippen LogP contribution >= 0.6 is 11.3 Å². The molecule has 0 radical (unpaired) electrons. The van der Waals surface area contributed by atoms with Gasteiger partial charge in [-0.3, -0.25) is 4.79 Å². The molecule has 4 aromatic rings. The van der Waals surface area contributed by atoms with Crippen molar-refractivity contribution in [3.8, 4) is 22.1 Å². The van der Waals surface area contributed by atoms with Gasteiger partial charge < -0.3 is 15.2 Å². The van der Waals surface area contributed by atoms with Crippen LogP contribution < -0.4 is 10.1 Å². The fraction of sp³-hybridized carbons (Fsp3) is 0.174. The zero-order valence-electron chi connectivity index (χ0n) is 16.9. The first-order valence-corrected chi connectivity index (χ1v) is 10.7. The molecular formula is C23H22N4O3S. The summed E-state index contributed by atoms with van der Waals surface area (Å²) in [5.74, 6) is 0.852. The summed E-state index contributed by atoms with van der Waals surface area (Å²) >= 11 is 1.52. The van der Waals surface area contributed by atoms with E-state index in [1.807, 2.05) is 79.0 Å². The van der Waals surface area contributed by atoms with E-state index in [9.17, 15) is 9.90 Å². The molecule has 2 aromatic carbocycles. The number of carbonyl (C=O) groups excluding carboxylic acids is 1. The molecule has 0 saturated carbocycles. The van der Waals surface area contributed by atoms with Gasteiger partial charge in [-0.1, -0.05) is 36.4 Å². The molecule has 0 aliphatic carbocycles. The van der Waals surface area contributed by atoms with Crippen molar-refractivity contribution in [3.05, 3.63) is 83.5 Å². The lowest BCUT2D eigenvalue weighted by atomic mass is 10.2. The van der Waals surface area contributed by atoms with Crippen molar-refractivity contribution < 1.29 is 14.6 Å². The van der Waals surface area contributed by atoms with Crippen molar-refractivity contribution in [2.45, 2.75) is 13.0 Å². The molecule has 2 N–H and O–H groups in total. The second-order valence-electron chi connectivity index (χ2n) is 6.98. The summed E-state index contributed by atoms with van der Waals surface area (Å²) in [6, 6.07) is 20.9. The van der Waals surface area contributed by atoms with E-state index in [2.05, 4.69) is 15.4 Å². The van der Waals surface area contributed by atoms with Crippen molar-refractivity contribution in [2.75, 3.05) is 13.2 Å². The smallest absolute Gasteiger partial charge is 0.291 e. The topological polar surface area (TPSA) is 89.3 Å². The second kappa shape index (κ2) is 9.55. The number of hydrogen-bond acceptors (Lipinski definition) is 6. The zero-order valence-corrected chi connectivity index (χ0v) is 17.7. The maximum absolute atomic E-state index is 12.6. The van der Waals surface area contributed by atoms with Crippen LogP contribution in [0.1, 0.15) is 16.2 Å². The zero-order chi connectivity index (χ0) is 21.6. The molecule has 0 fully saturated rings. The van der Waals surface area contributed by atoms with Gasteiger partial charge in [-0.2, -0.15) is 0 Å². The molecule has 1 unspecified atom stereocenters. The van der Waals surface area contributed by atoms with Crippen LogP contribution in [0.3, 0.4) is 0 Å². The minimum atomic E-state index is -0.863. The number of hydrogen-bond donors (Lipinski definition) is 2. The summed E-state index contributed by atoms with van der Waals surface area (Å²) in [5.41, 5.74) is 1.88. The normalized spacial score (nSPS) is 11.8. The second-order valence-corrected chi connectivity index (χ2v) is 7.92. The van der Waals surface area contributed by atoms with E-state index >= 15 is 0 Å². The number of thiophene rings is 1. The van der Waals surface area contributed by atoms with Crippen LogP contribution in [0.5, 0.6) is 5.75 Å². The quantitative estimate of drug-likeness (QED) is 0.443. The van der Waals surface area contributed by atoms with E-state index in [4.69, 9.17) is 4.74 Å². The number of para-hydroxylation sites is 1. The number of amides is 1. The number of ether oxygens (including phenoxy) is 1. The fourth-order valence-corrected chi connectivity index (χ4v) is 3.67. The van der Waals surface area contributed by atoms with E-state index in [0.29, 0.717) is 11.6 Å². The monoisotopic (exact) mass is 434 g/mol. The van der Waals surface area contributed by atoms with Gasteiger partial charge in [0.05, 0.1) is 10.6 Å². The van der Waals surface area contributed by atoms with Crippen LogP contribution in [-0.4, -0.2) is 45.0 Å². The van der Waals surface area contributed by atoms with Gasteiger partial charge in [-0.05, 0) is 48.2 Å². The lowest BCUT2D eigenvalue weighted by Gasteiger charge is -2.13. The third kappa shape index (κ3) is 5.17. The van der Waals surface area contributed by atoms with Crippen molar-refractivity contribution >= 4 is 17.2 Å². The van der Waals surface area contributed by atoms with Gasteiger partial charge in [0.25, 0.3) is 5.91 Å². The average Bonchev–Trinajstić information content (AvgIpc) is 3.46. The minimum absolute atomic E-state index is 0.0266. The maximum atomic E-state index is 12.6. The average molecular weight is 435 g/mol. The molecule has 31 heavy (non-hydrogen) atoms. The molecule has 158 valence electrons. The van der Waals surface area contributed by atoms with Gasteiger partial charge in [0.2, 0.25) is 5.82 Å². The molecule has 8 heteroatoms. The molecule has 0 saturated heterocycles. The highest BCUT2D eigenvalue weighted by Gasteiger charge is 2.20. The molecule has 0 spiro atoms. The lowest BCUT2D eigenvalue weighted by molar-refractivity contribution is 0.0835. The molecular weight excluding hydrogens is 412 g/mol. The summed E-state index contributed by atoms with van der Waals surface area (Å²) in [7, 11) is 0. The summed E-state index contributed by atoms with van der Waals surface area (Å²) in [4.78, 5) is 18.0. The van der Waals surface area contributed by atoms with Crippen molar-refractivity contribution in [2.24, 2.45) is 0 Å². The lowest BCUT2D eigenvalue weighted by Crippen LogP contribution is -2.35. The largest absolute Gasteiger partial charge is 0.491 e. The van der Waals surface area contributed by atoms with E-state index < -0.39 is 12.0 Å². The molecule has 4 rings (SSSR count). The number of aliphatic hydroxyl groups is 1. The summed E-state index contributed by atoms with van der Waals surface area (Å²) < 4.78 is 7.23. The van der Waals surface area contributed by atoms with E-state index in [1.165, 1.54) is 11.3 Å². The fourth-order valence-electron chi connectivity index (χ4n) is 2.97. The predicted octanol–water partition coefficient (Wildman–Crippen LogP) is 3.47. The number of nitrogens with one attached hydrogen (secondary N) is 1. The molecule has 1 atom stereocenters. The van der Waals surface area contributed by atoms with Crippen molar-refractivity contribution in [3.63, 3.8) is 0 Å².